The fourth-order valence-corrected chi connectivity index (χ4v) is 3.10. The van der Waals surface area contributed by atoms with E-state index in [9.17, 15) is 13.6 Å². The van der Waals surface area contributed by atoms with Gasteiger partial charge in [-0.2, -0.15) is 0 Å². The third-order valence-corrected chi connectivity index (χ3v) is 4.09. The summed E-state index contributed by atoms with van der Waals surface area (Å²) in [5.41, 5.74) is 7.03. The second-order valence-corrected chi connectivity index (χ2v) is 5.41. The monoisotopic (exact) mass is 266 g/mol. The second kappa shape index (κ2) is 4.18. The average molecular weight is 266 g/mol. The summed E-state index contributed by atoms with van der Waals surface area (Å²) in [6, 6.07) is 7.49. The number of hydrogen-bond donors (Lipinski definition) is 1. The number of carbonyl (C=O) groups is 1. The number of carbonyl (C=O) groups excluding carboxylic acids is 1. The van der Waals surface area contributed by atoms with Gasteiger partial charge in [-0.05, 0) is 24.0 Å². The zero-order chi connectivity index (χ0) is 13.6. The molecule has 0 saturated heterocycles. The number of fused-ring (bicyclic) bond motifs is 1. The molecule has 0 radical (unpaired) electrons. The van der Waals surface area contributed by atoms with Crippen LogP contribution in [0.3, 0.4) is 0 Å². The van der Waals surface area contributed by atoms with Crippen LogP contribution in [0.5, 0.6) is 0 Å². The van der Waals surface area contributed by atoms with Gasteiger partial charge in [0.2, 0.25) is 5.91 Å². The van der Waals surface area contributed by atoms with E-state index in [1.165, 1.54) is 0 Å². The average Bonchev–Trinajstić information content (AvgIpc) is 2.98. The number of primary amides is 1. The maximum Gasteiger partial charge on any atom is 0.252 e. The van der Waals surface area contributed by atoms with Crippen LogP contribution in [0.25, 0.3) is 0 Å². The van der Waals surface area contributed by atoms with Gasteiger partial charge in [0.05, 0.1) is 6.54 Å². The molecule has 3 rings (SSSR count). The number of anilines is 1. The molecule has 2 atom stereocenters. The number of nitrogens with zero attached hydrogens (tertiary/aromatic N) is 1. The van der Waals surface area contributed by atoms with Gasteiger partial charge < -0.3 is 10.6 Å². The van der Waals surface area contributed by atoms with Crippen LogP contribution in [-0.2, 0) is 4.79 Å². The normalized spacial score (nSPS) is 27.8. The van der Waals surface area contributed by atoms with Crippen LogP contribution < -0.4 is 10.6 Å². The van der Waals surface area contributed by atoms with Crippen LogP contribution in [-0.4, -0.2) is 24.9 Å². The zero-order valence-corrected chi connectivity index (χ0v) is 10.5. The molecule has 1 fully saturated rings. The quantitative estimate of drug-likeness (QED) is 0.911. The van der Waals surface area contributed by atoms with Crippen LogP contribution in [0, 0.1) is 5.92 Å². The van der Waals surface area contributed by atoms with E-state index >= 15 is 0 Å². The standard InChI is InChI=1S/C14H16F2N2O/c15-14(16)7-11(14)9-5-6-18(8-13(17)19)12-4-2-1-3-10(9)12/h1-4,9,11H,5-8H2,(H2,17,19)/t9-,11+/m1/s1. The first-order valence-electron chi connectivity index (χ1n) is 6.49. The number of para-hydroxylation sites is 1. The molecule has 1 aliphatic carbocycles. The van der Waals surface area contributed by atoms with E-state index in [-0.39, 0.29) is 18.9 Å². The third kappa shape index (κ3) is 2.17. The molecule has 19 heavy (non-hydrogen) atoms. The van der Waals surface area contributed by atoms with E-state index in [4.69, 9.17) is 5.73 Å². The molecular formula is C14H16F2N2O. The van der Waals surface area contributed by atoms with Gasteiger partial charge in [0.15, 0.2) is 0 Å². The number of halogens is 2. The van der Waals surface area contributed by atoms with Crippen LogP contribution in [0.4, 0.5) is 14.5 Å². The maximum absolute atomic E-state index is 13.3. The number of alkyl halides is 2. The highest BCUT2D eigenvalue weighted by atomic mass is 19.3. The van der Waals surface area contributed by atoms with Gasteiger partial charge >= 0.3 is 0 Å². The highest BCUT2D eigenvalue weighted by molar-refractivity contribution is 5.80. The van der Waals surface area contributed by atoms with Crippen LogP contribution in [0.15, 0.2) is 24.3 Å². The minimum atomic E-state index is -2.51. The molecule has 1 aliphatic heterocycles. The van der Waals surface area contributed by atoms with Crippen LogP contribution in [0.2, 0.25) is 0 Å². The van der Waals surface area contributed by atoms with Gasteiger partial charge in [-0.15, -0.1) is 0 Å². The Balaban J connectivity index is 1.90. The summed E-state index contributed by atoms with van der Waals surface area (Å²) in [4.78, 5) is 13.0. The minimum absolute atomic E-state index is 0.0121. The van der Waals surface area contributed by atoms with Gasteiger partial charge in [0, 0.05) is 24.6 Å². The van der Waals surface area contributed by atoms with E-state index in [0.717, 1.165) is 11.3 Å². The van der Waals surface area contributed by atoms with Crippen molar-refractivity contribution in [2.45, 2.75) is 24.7 Å². The minimum Gasteiger partial charge on any atom is -0.368 e. The summed E-state index contributed by atoms with van der Waals surface area (Å²) in [5.74, 6) is -3.55. The summed E-state index contributed by atoms with van der Waals surface area (Å²) in [7, 11) is 0. The molecular weight excluding hydrogens is 250 g/mol. The molecule has 102 valence electrons. The first-order valence-corrected chi connectivity index (χ1v) is 6.49. The lowest BCUT2D eigenvalue weighted by molar-refractivity contribution is -0.116. The predicted molar refractivity (Wildman–Crippen MR) is 68.3 cm³/mol. The highest BCUT2D eigenvalue weighted by Crippen LogP contribution is 2.58. The molecule has 2 aliphatic rings. The van der Waals surface area contributed by atoms with Crippen molar-refractivity contribution in [2.24, 2.45) is 11.7 Å². The van der Waals surface area contributed by atoms with Crippen molar-refractivity contribution >= 4 is 11.6 Å². The van der Waals surface area contributed by atoms with Crippen molar-refractivity contribution in [3.8, 4) is 0 Å². The largest absolute Gasteiger partial charge is 0.368 e. The molecule has 1 aromatic rings. The van der Waals surface area contributed by atoms with Crippen LogP contribution >= 0.6 is 0 Å². The van der Waals surface area contributed by atoms with Crippen molar-refractivity contribution in [2.75, 3.05) is 18.0 Å². The maximum atomic E-state index is 13.3. The predicted octanol–water partition coefficient (Wildman–Crippen LogP) is 2.12. The van der Waals surface area contributed by atoms with Gasteiger partial charge in [-0.25, -0.2) is 8.78 Å². The summed E-state index contributed by atoms with van der Waals surface area (Å²) in [6.07, 6.45) is 0.645. The second-order valence-electron chi connectivity index (χ2n) is 5.41. The fraction of sp³-hybridized carbons (Fsp3) is 0.500. The third-order valence-electron chi connectivity index (χ3n) is 4.09. The van der Waals surface area contributed by atoms with Crippen molar-refractivity contribution in [3.05, 3.63) is 29.8 Å². The first-order chi connectivity index (χ1) is 8.99. The van der Waals surface area contributed by atoms with Gasteiger partial charge in [-0.1, -0.05) is 18.2 Å². The van der Waals surface area contributed by atoms with Crippen LogP contribution in [0.1, 0.15) is 24.3 Å². The first kappa shape index (κ1) is 12.4. The van der Waals surface area contributed by atoms with Crippen molar-refractivity contribution in [1.82, 2.24) is 0 Å². The van der Waals surface area contributed by atoms with E-state index < -0.39 is 17.7 Å². The lowest BCUT2D eigenvalue weighted by Crippen LogP contribution is -2.38. The topological polar surface area (TPSA) is 46.3 Å². The number of nitrogens with two attached hydrogens (primary N) is 1. The number of hydrogen-bond acceptors (Lipinski definition) is 2. The fourth-order valence-electron chi connectivity index (χ4n) is 3.10. The van der Waals surface area contributed by atoms with Gasteiger partial charge in [-0.3, -0.25) is 4.79 Å². The lowest BCUT2D eigenvalue weighted by Gasteiger charge is -2.35. The molecule has 1 saturated carbocycles. The molecule has 1 heterocycles. The van der Waals surface area contributed by atoms with E-state index in [1.54, 1.807) is 0 Å². The van der Waals surface area contributed by atoms with Crippen molar-refractivity contribution < 1.29 is 13.6 Å². The molecule has 0 unspecified atom stereocenters. The number of benzene rings is 1. The Morgan fingerprint density at radius 2 is 2.11 bits per heavy atom. The SMILES string of the molecule is NC(=O)CN1CC[C@@H]([C@@H]2CC2(F)F)c2ccccc21. The van der Waals surface area contributed by atoms with Gasteiger partial charge in [0.25, 0.3) is 5.92 Å². The number of rotatable bonds is 3. The Hall–Kier alpha value is -1.65. The zero-order valence-electron chi connectivity index (χ0n) is 10.5. The molecule has 3 nitrogen and oxygen atoms in total. The molecule has 1 aromatic carbocycles. The van der Waals surface area contributed by atoms with Crippen molar-refractivity contribution in [1.29, 1.82) is 0 Å². The smallest absolute Gasteiger partial charge is 0.252 e. The summed E-state index contributed by atoms with van der Waals surface area (Å²) in [6.45, 7) is 0.752. The Labute approximate surface area is 110 Å². The summed E-state index contributed by atoms with van der Waals surface area (Å²) >= 11 is 0. The molecule has 0 bridgehead atoms. The molecule has 5 heteroatoms. The molecule has 1 amide bonds. The Morgan fingerprint density at radius 3 is 2.74 bits per heavy atom. The highest BCUT2D eigenvalue weighted by Gasteiger charge is 2.60. The van der Waals surface area contributed by atoms with E-state index in [2.05, 4.69) is 0 Å². The Morgan fingerprint density at radius 1 is 1.42 bits per heavy atom. The van der Waals surface area contributed by atoms with E-state index in [1.807, 2.05) is 29.2 Å². The summed E-state index contributed by atoms with van der Waals surface area (Å²) < 4.78 is 26.6. The molecule has 0 aromatic heterocycles. The van der Waals surface area contributed by atoms with E-state index in [0.29, 0.717) is 13.0 Å². The Bertz CT molecular complexity index is 518. The van der Waals surface area contributed by atoms with Gasteiger partial charge in [0.1, 0.15) is 0 Å². The molecule has 0 spiro atoms. The Kier molecular flexibility index (Phi) is 2.73. The number of amides is 1. The summed E-state index contributed by atoms with van der Waals surface area (Å²) in [5, 5.41) is 0. The van der Waals surface area contributed by atoms with Crippen molar-refractivity contribution in [3.63, 3.8) is 0 Å². The lowest BCUT2D eigenvalue weighted by atomic mass is 9.86. The molecule has 2 N–H and O–H groups in total.